The second kappa shape index (κ2) is 5.66. The molecule has 0 N–H and O–H groups in total. The van der Waals surface area contributed by atoms with Crippen LogP contribution in [0, 0.1) is 5.82 Å². The van der Waals surface area contributed by atoms with Crippen LogP contribution in [0.1, 0.15) is 16.5 Å². The van der Waals surface area contributed by atoms with Gasteiger partial charge in [-0.1, -0.05) is 46.9 Å². The van der Waals surface area contributed by atoms with Crippen molar-refractivity contribution in [3.63, 3.8) is 0 Å². The maximum absolute atomic E-state index is 13.8. The summed E-state index contributed by atoms with van der Waals surface area (Å²) in [5.41, 5.74) is 0.925. The van der Waals surface area contributed by atoms with E-state index in [4.69, 9.17) is 46.4 Å². The maximum Gasteiger partial charge on any atom is 0.129 e. The molecular formula is C13H7Cl4F. The quantitative estimate of drug-likeness (QED) is 0.584. The molecule has 0 spiro atoms. The fraction of sp³-hybridized carbons (Fsp3) is 0.0769. The second-order valence-corrected chi connectivity index (χ2v) is 5.41. The third-order valence-electron chi connectivity index (χ3n) is 2.47. The molecule has 2 rings (SSSR count). The van der Waals surface area contributed by atoms with Crippen molar-refractivity contribution in [2.75, 3.05) is 0 Å². The first kappa shape index (κ1) is 14.0. The molecule has 0 nitrogen and oxygen atoms in total. The highest BCUT2D eigenvalue weighted by molar-refractivity contribution is 6.36. The van der Waals surface area contributed by atoms with E-state index in [1.807, 2.05) is 0 Å². The third-order valence-corrected chi connectivity index (χ3v) is 3.74. The molecule has 0 saturated heterocycles. The Hall–Kier alpha value is -0.470. The molecule has 18 heavy (non-hydrogen) atoms. The van der Waals surface area contributed by atoms with Crippen molar-refractivity contribution in [2.24, 2.45) is 0 Å². The van der Waals surface area contributed by atoms with E-state index in [2.05, 4.69) is 0 Å². The lowest BCUT2D eigenvalue weighted by molar-refractivity contribution is 0.612. The van der Waals surface area contributed by atoms with Gasteiger partial charge in [0.25, 0.3) is 0 Å². The Labute approximate surface area is 124 Å². The molecule has 0 saturated carbocycles. The standard InChI is InChI=1S/C13H7Cl4F/c14-7-1-3-9(11(16)5-7)13(17)10-4-2-8(15)6-12(10)18/h1-6,13H. The molecule has 0 amide bonds. The predicted octanol–water partition coefficient (Wildman–Crippen LogP) is 6.11. The van der Waals surface area contributed by atoms with Crippen molar-refractivity contribution in [3.05, 3.63) is 68.4 Å². The average molecular weight is 324 g/mol. The van der Waals surface area contributed by atoms with E-state index in [1.165, 1.54) is 6.07 Å². The Bertz CT molecular complexity index is 532. The van der Waals surface area contributed by atoms with E-state index in [9.17, 15) is 4.39 Å². The van der Waals surface area contributed by atoms with E-state index in [0.717, 1.165) is 0 Å². The number of benzene rings is 2. The molecule has 5 heteroatoms. The molecule has 0 aliphatic rings. The SMILES string of the molecule is Fc1cc(Cl)ccc1C(Cl)c1ccc(Cl)cc1Cl. The smallest absolute Gasteiger partial charge is 0.129 e. The summed E-state index contributed by atoms with van der Waals surface area (Å²) < 4.78 is 13.8. The van der Waals surface area contributed by atoms with Gasteiger partial charge in [0.2, 0.25) is 0 Å². The highest BCUT2D eigenvalue weighted by atomic mass is 35.5. The Balaban J connectivity index is 2.44. The van der Waals surface area contributed by atoms with Crippen molar-refractivity contribution in [1.29, 1.82) is 0 Å². The summed E-state index contributed by atoms with van der Waals surface area (Å²) in [6.07, 6.45) is 0. The highest BCUT2D eigenvalue weighted by Crippen LogP contribution is 2.36. The minimum absolute atomic E-state index is 0.322. The molecule has 2 aromatic rings. The Morgan fingerprint density at radius 1 is 0.833 bits per heavy atom. The summed E-state index contributed by atoms with van der Waals surface area (Å²) in [6.45, 7) is 0. The van der Waals surface area contributed by atoms with Crippen molar-refractivity contribution in [1.82, 2.24) is 0 Å². The van der Waals surface area contributed by atoms with Gasteiger partial charge in [-0.15, -0.1) is 11.6 Å². The molecule has 94 valence electrons. The molecule has 0 aromatic heterocycles. The molecule has 0 aliphatic carbocycles. The molecule has 1 atom stereocenters. The van der Waals surface area contributed by atoms with Crippen LogP contribution in [-0.4, -0.2) is 0 Å². The Morgan fingerprint density at radius 2 is 1.39 bits per heavy atom. The van der Waals surface area contributed by atoms with E-state index in [1.54, 1.807) is 30.3 Å². The third kappa shape index (κ3) is 2.92. The number of hydrogen-bond acceptors (Lipinski definition) is 0. The molecule has 2 aromatic carbocycles. The van der Waals surface area contributed by atoms with Gasteiger partial charge in [0.1, 0.15) is 5.82 Å². The zero-order valence-electron chi connectivity index (χ0n) is 8.93. The second-order valence-electron chi connectivity index (χ2n) is 3.69. The molecule has 1 unspecified atom stereocenters. The summed E-state index contributed by atoms with van der Waals surface area (Å²) in [4.78, 5) is 0. The van der Waals surface area contributed by atoms with Gasteiger partial charge >= 0.3 is 0 Å². The number of hydrogen-bond donors (Lipinski definition) is 0. The molecule has 0 heterocycles. The highest BCUT2D eigenvalue weighted by Gasteiger charge is 2.18. The largest absolute Gasteiger partial charge is 0.207 e. The van der Waals surface area contributed by atoms with Crippen LogP contribution in [0.2, 0.25) is 15.1 Å². The van der Waals surface area contributed by atoms with Crippen LogP contribution in [-0.2, 0) is 0 Å². The van der Waals surface area contributed by atoms with E-state index < -0.39 is 11.2 Å². The van der Waals surface area contributed by atoms with Gasteiger partial charge in [-0.2, -0.15) is 0 Å². The lowest BCUT2D eigenvalue weighted by atomic mass is 10.0. The van der Waals surface area contributed by atoms with Crippen LogP contribution < -0.4 is 0 Å². The van der Waals surface area contributed by atoms with Gasteiger partial charge < -0.3 is 0 Å². The van der Waals surface area contributed by atoms with Crippen molar-refractivity contribution < 1.29 is 4.39 Å². The lowest BCUT2D eigenvalue weighted by Crippen LogP contribution is -1.98. The summed E-state index contributed by atoms with van der Waals surface area (Å²) in [5, 5.41) is 0.537. The van der Waals surface area contributed by atoms with Gasteiger partial charge in [0.05, 0.1) is 5.38 Å². The van der Waals surface area contributed by atoms with Crippen LogP contribution in [0.4, 0.5) is 4.39 Å². The Morgan fingerprint density at radius 3 is 1.94 bits per heavy atom. The van der Waals surface area contributed by atoms with E-state index in [0.29, 0.717) is 26.2 Å². The fourth-order valence-corrected chi connectivity index (χ4v) is 2.68. The summed E-state index contributed by atoms with van der Waals surface area (Å²) in [6, 6.07) is 9.25. The van der Waals surface area contributed by atoms with Crippen molar-refractivity contribution in [2.45, 2.75) is 5.38 Å². The van der Waals surface area contributed by atoms with Gasteiger partial charge in [0, 0.05) is 20.6 Å². The van der Waals surface area contributed by atoms with Crippen LogP contribution >= 0.6 is 46.4 Å². The summed E-state index contributed by atoms with van der Waals surface area (Å²) in [5.74, 6) is -0.464. The normalized spacial score (nSPS) is 12.5. The molecule has 0 fully saturated rings. The number of rotatable bonds is 2. The Kier molecular flexibility index (Phi) is 4.39. The van der Waals surface area contributed by atoms with Gasteiger partial charge in [-0.05, 0) is 29.8 Å². The topological polar surface area (TPSA) is 0 Å². The van der Waals surface area contributed by atoms with Gasteiger partial charge in [-0.3, -0.25) is 0 Å². The summed E-state index contributed by atoms with van der Waals surface area (Å²) >= 11 is 23.8. The first-order valence-corrected chi connectivity index (χ1v) is 6.60. The first-order chi connectivity index (χ1) is 8.49. The van der Waals surface area contributed by atoms with E-state index in [-0.39, 0.29) is 0 Å². The minimum Gasteiger partial charge on any atom is -0.207 e. The van der Waals surface area contributed by atoms with E-state index >= 15 is 0 Å². The lowest BCUT2D eigenvalue weighted by Gasteiger charge is -2.13. The molecule has 0 aliphatic heterocycles. The zero-order chi connectivity index (χ0) is 13.3. The zero-order valence-corrected chi connectivity index (χ0v) is 12.0. The van der Waals surface area contributed by atoms with Gasteiger partial charge in [0.15, 0.2) is 0 Å². The average Bonchev–Trinajstić information content (AvgIpc) is 2.28. The maximum atomic E-state index is 13.8. The van der Waals surface area contributed by atoms with Crippen LogP contribution in [0.5, 0.6) is 0 Å². The van der Waals surface area contributed by atoms with Crippen LogP contribution in [0.15, 0.2) is 36.4 Å². The predicted molar refractivity (Wildman–Crippen MR) is 75.6 cm³/mol. The first-order valence-electron chi connectivity index (χ1n) is 5.03. The molecule has 0 radical (unpaired) electrons. The number of alkyl halides is 1. The summed E-state index contributed by atoms with van der Waals surface area (Å²) in [7, 11) is 0. The minimum atomic E-state index is -0.688. The molecule has 0 bridgehead atoms. The van der Waals surface area contributed by atoms with Gasteiger partial charge in [-0.25, -0.2) is 4.39 Å². The number of halogens is 5. The van der Waals surface area contributed by atoms with Crippen LogP contribution in [0.25, 0.3) is 0 Å². The van der Waals surface area contributed by atoms with Crippen LogP contribution in [0.3, 0.4) is 0 Å². The monoisotopic (exact) mass is 322 g/mol. The van der Waals surface area contributed by atoms with Crippen molar-refractivity contribution in [3.8, 4) is 0 Å². The van der Waals surface area contributed by atoms with Crippen molar-refractivity contribution >= 4 is 46.4 Å². The fourth-order valence-electron chi connectivity index (χ4n) is 1.58. The molecular weight excluding hydrogens is 317 g/mol.